The number of hydrogen-bond donors (Lipinski definition) is 0. The Hall–Kier alpha value is 0.281. The molecule has 54 valence electrons. The van der Waals surface area contributed by atoms with Crippen LogP contribution in [-0.2, 0) is 14.1 Å². The summed E-state index contributed by atoms with van der Waals surface area (Å²) in [7, 11) is -1.50. The van der Waals surface area contributed by atoms with E-state index in [4.69, 9.17) is 29.2 Å². The minimum atomic E-state index is -0.500. The first-order valence-electron chi connectivity index (χ1n) is 1.41. The molecule has 0 aliphatic rings. The van der Waals surface area contributed by atoms with Crippen LogP contribution in [0.4, 0.5) is 0 Å². The summed E-state index contributed by atoms with van der Waals surface area (Å²) in [4.78, 5) is 0. The third-order valence-corrected chi connectivity index (χ3v) is 0. The van der Waals surface area contributed by atoms with Crippen molar-refractivity contribution < 1.29 is 67.8 Å². The second-order valence-corrected chi connectivity index (χ2v) is 0.289. The zero-order valence-electron chi connectivity index (χ0n) is 4.51. The fourth-order valence-electron chi connectivity index (χ4n) is 0. The van der Waals surface area contributed by atoms with E-state index in [1.54, 1.807) is 0 Å². The first-order valence-corrected chi connectivity index (χ1v) is 1.41. The first-order chi connectivity index (χ1) is 4.24. The molecule has 0 aliphatic heterocycles. The molecule has 0 radical (unpaired) electrons. The van der Waals surface area contributed by atoms with E-state index in [1.807, 2.05) is 0 Å². The van der Waals surface area contributed by atoms with Gasteiger partial charge in [0.2, 0.25) is 0 Å². The Morgan fingerprint density at radius 3 is 0.700 bits per heavy atom. The summed E-state index contributed by atoms with van der Waals surface area (Å²) in [6.07, 6.45) is 0. The Labute approximate surface area is 89.3 Å². The molecule has 0 aliphatic carbocycles. The van der Waals surface area contributed by atoms with E-state index in [0.717, 1.165) is 0 Å². The predicted octanol–water partition coefficient (Wildman–Crippen LogP) is -5.07. The summed E-state index contributed by atoms with van der Waals surface area (Å²) in [6.45, 7) is 0. The van der Waals surface area contributed by atoms with E-state index in [0.29, 0.717) is 0 Å². The molecule has 0 saturated heterocycles. The number of rotatable bonds is 0. The molecule has 0 heterocycles. The van der Waals surface area contributed by atoms with E-state index < -0.39 is 22.1 Å². The van der Waals surface area contributed by atoms with Crippen molar-refractivity contribution in [2.45, 2.75) is 0 Å². The zero-order valence-corrected chi connectivity index (χ0v) is 6.65. The maximum Gasteiger partial charge on any atom is 3.00 e. The van der Waals surface area contributed by atoms with Crippen LogP contribution in [0, 0.1) is 38.6 Å². The third-order valence-electron chi connectivity index (χ3n) is 0. The van der Waals surface area contributed by atoms with Gasteiger partial charge in [-0.15, -0.1) is 0 Å². The minimum Gasteiger partial charge on any atom is 3.00 e. The van der Waals surface area contributed by atoms with Crippen LogP contribution in [0.5, 0.6) is 0 Å². The van der Waals surface area contributed by atoms with Crippen molar-refractivity contribution in [3.8, 4) is 0 Å². The van der Waals surface area contributed by atoms with Crippen molar-refractivity contribution in [1.82, 2.24) is 0 Å². The SMILES string of the molecule is O=B[O-].O=B[O-].O=B[O-].[Tb+3]. The number of hydrogen-bond acceptors (Lipinski definition) is 6. The molecular weight excluding hydrogens is 287 g/mol. The Kier molecular flexibility index (Phi) is 133. The van der Waals surface area contributed by atoms with Crippen LogP contribution in [-0.4, -0.2) is 22.1 Å². The quantitative estimate of drug-likeness (QED) is 0.411. The Morgan fingerprint density at radius 2 is 0.700 bits per heavy atom. The van der Waals surface area contributed by atoms with Crippen LogP contribution >= 0.6 is 0 Å². The topological polar surface area (TPSA) is 120 Å². The van der Waals surface area contributed by atoms with Crippen molar-refractivity contribution in [1.29, 1.82) is 0 Å². The molecule has 10 heteroatoms. The summed E-state index contributed by atoms with van der Waals surface area (Å²) in [5, 5.41) is 24.8. The van der Waals surface area contributed by atoms with Gasteiger partial charge in [-0.05, 0) is 0 Å². The summed E-state index contributed by atoms with van der Waals surface area (Å²) in [5.74, 6) is 0. The van der Waals surface area contributed by atoms with Gasteiger partial charge in [0.1, 0.15) is 0 Å². The Bertz CT molecular complexity index is 49.7. The second-order valence-electron chi connectivity index (χ2n) is 0.289. The molecule has 0 rings (SSSR count). The van der Waals surface area contributed by atoms with Crippen LogP contribution in [0.25, 0.3) is 0 Å². The molecule has 0 aromatic heterocycles. The molecule has 10 heavy (non-hydrogen) atoms. The van der Waals surface area contributed by atoms with E-state index in [-0.39, 0.29) is 38.6 Å². The van der Waals surface area contributed by atoms with E-state index >= 15 is 0 Å². The van der Waals surface area contributed by atoms with Gasteiger partial charge in [-0.1, -0.05) is 0 Å². The summed E-state index contributed by atoms with van der Waals surface area (Å²) in [6, 6.07) is 0. The van der Waals surface area contributed by atoms with Gasteiger partial charge in [0.25, 0.3) is 0 Å². The van der Waals surface area contributed by atoms with E-state index in [9.17, 15) is 0 Å². The van der Waals surface area contributed by atoms with Crippen LogP contribution in [0.3, 0.4) is 0 Å². The fourth-order valence-corrected chi connectivity index (χ4v) is 0. The van der Waals surface area contributed by atoms with Gasteiger partial charge in [0, 0.05) is 0 Å². The van der Waals surface area contributed by atoms with Gasteiger partial charge >= 0.3 is 89.9 Å². The minimum absolute atomic E-state index is 0. The predicted molar refractivity (Wildman–Crippen MR) is 19.3 cm³/mol. The summed E-state index contributed by atoms with van der Waals surface area (Å²) >= 11 is 0. The first kappa shape index (κ1) is 22.4. The molecule has 0 N–H and O–H groups in total. The normalized spacial score (nSPS) is 2.40. The van der Waals surface area contributed by atoms with Gasteiger partial charge in [-0.2, -0.15) is 0 Å². The largest absolute Gasteiger partial charge is 3.00 e. The zero-order chi connectivity index (χ0) is 8.12. The van der Waals surface area contributed by atoms with Crippen molar-refractivity contribution in [2.24, 2.45) is 0 Å². The molecule has 0 atom stereocenters. The average molecular weight is 287 g/mol. The monoisotopic (exact) mass is 288 g/mol. The van der Waals surface area contributed by atoms with Crippen LogP contribution in [0.1, 0.15) is 0 Å². The van der Waals surface area contributed by atoms with Gasteiger partial charge in [0.05, 0.1) is 0 Å². The molecule has 0 unspecified atom stereocenters. The summed E-state index contributed by atoms with van der Waals surface area (Å²) in [5.41, 5.74) is 0. The van der Waals surface area contributed by atoms with Crippen molar-refractivity contribution in [2.75, 3.05) is 0 Å². The molecular formula is B3O6Tb. The fraction of sp³-hybridized carbons (Fsp3) is 0. The van der Waals surface area contributed by atoms with Gasteiger partial charge in [0.15, 0.2) is 0 Å². The maximum absolute atomic E-state index is 8.25. The van der Waals surface area contributed by atoms with Crippen LogP contribution < -0.4 is 15.1 Å². The van der Waals surface area contributed by atoms with Crippen molar-refractivity contribution in [3.63, 3.8) is 0 Å². The van der Waals surface area contributed by atoms with Crippen molar-refractivity contribution >= 4 is 22.1 Å². The third kappa shape index (κ3) is 5580. The molecule has 0 aromatic carbocycles. The molecule has 6 nitrogen and oxygen atoms in total. The van der Waals surface area contributed by atoms with Crippen LogP contribution in [0.2, 0.25) is 0 Å². The van der Waals surface area contributed by atoms with Gasteiger partial charge in [-0.25, -0.2) is 0 Å². The molecule has 0 spiro atoms. The summed E-state index contributed by atoms with van der Waals surface area (Å²) < 4.78 is 24.8. The maximum atomic E-state index is 8.25. The Balaban J connectivity index is -0.0000000257. The Morgan fingerprint density at radius 1 is 0.700 bits per heavy atom. The molecule has 0 fully saturated rings. The molecule has 0 amide bonds. The van der Waals surface area contributed by atoms with E-state index in [2.05, 4.69) is 0 Å². The van der Waals surface area contributed by atoms with Gasteiger partial charge < -0.3 is 0 Å². The smallest absolute Gasteiger partial charge is 3.00 e. The van der Waals surface area contributed by atoms with Crippen LogP contribution in [0.15, 0.2) is 0 Å². The molecule has 0 saturated carbocycles. The molecule has 0 bridgehead atoms. The van der Waals surface area contributed by atoms with E-state index in [1.165, 1.54) is 0 Å². The second kappa shape index (κ2) is 59.1. The van der Waals surface area contributed by atoms with Crippen molar-refractivity contribution in [3.05, 3.63) is 0 Å². The van der Waals surface area contributed by atoms with Gasteiger partial charge in [-0.3, -0.25) is 0 Å². The average Bonchev–Trinajstić information content (AvgIpc) is 1.70. The standard InChI is InChI=1S/3BO2.Tb/c3*2-1-3;/q3*-1;+3. The molecule has 0 aromatic rings.